The van der Waals surface area contributed by atoms with Crippen LogP contribution in [0.15, 0.2) is 0 Å². The third kappa shape index (κ3) is 10.5. The first-order valence-electron chi connectivity index (χ1n) is 8.08. The van der Waals surface area contributed by atoms with Gasteiger partial charge in [-0.3, -0.25) is 0 Å². The van der Waals surface area contributed by atoms with Gasteiger partial charge in [0, 0.05) is 0 Å². The molecule has 0 saturated heterocycles. The molecule has 0 bridgehead atoms. The van der Waals surface area contributed by atoms with Crippen molar-refractivity contribution < 1.29 is 32.7 Å². The van der Waals surface area contributed by atoms with E-state index in [-0.39, 0.29) is 12.2 Å². The summed E-state index contributed by atoms with van der Waals surface area (Å²) in [7, 11) is -3.62. The van der Waals surface area contributed by atoms with E-state index in [9.17, 15) is 0 Å². The molecule has 0 heterocycles. The molecule has 128 valence electrons. The van der Waals surface area contributed by atoms with Crippen molar-refractivity contribution in [3.63, 3.8) is 0 Å². The van der Waals surface area contributed by atoms with Crippen molar-refractivity contribution in [2.45, 2.75) is 92.0 Å². The minimum atomic E-state index is -4.01. The third-order valence-electron chi connectivity index (χ3n) is 2.70. The molecule has 0 aliphatic heterocycles. The summed E-state index contributed by atoms with van der Waals surface area (Å²) in [6.45, 7) is 21.4. The van der Waals surface area contributed by atoms with Crippen LogP contribution >= 0.6 is 0 Å². The molecule has 0 rings (SSSR count). The van der Waals surface area contributed by atoms with Crippen molar-refractivity contribution >= 4 is 16.6 Å². The van der Waals surface area contributed by atoms with Gasteiger partial charge in [0.15, 0.2) is 0 Å². The Bertz CT molecular complexity index is 272. The van der Waals surface area contributed by atoms with Crippen LogP contribution in [0.1, 0.15) is 40.5 Å². The first-order valence-corrected chi connectivity index (χ1v) is 18.9. The topological polar surface area (TPSA) is 36.9 Å². The van der Waals surface area contributed by atoms with Gasteiger partial charge in [-0.05, 0) is 0 Å². The Morgan fingerprint density at radius 2 is 1.00 bits per heavy atom. The Kier molecular flexibility index (Phi) is 9.34. The van der Waals surface area contributed by atoms with Crippen molar-refractivity contribution in [3.05, 3.63) is 0 Å². The summed E-state index contributed by atoms with van der Waals surface area (Å²) in [5.41, 5.74) is 0. The molecule has 4 nitrogen and oxygen atoms in total. The SMILES string of the molecule is CCC(C)[O][Zr]([O]C(C)CC)([O][Si](C)(C)C)[O][Si](C)(C)C. The molecule has 0 aromatic heterocycles. The molecule has 0 aromatic rings. The Morgan fingerprint density at radius 1 is 0.714 bits per heavy atom. The fraction of sp³-hybridized carbons (Fsp3) is 1.00. The molecule has 2 atom stereocenters. The van der Waals surface area contributed by atoms with Crippen LogP contribution in [0.25, 0.3) is 0 Å². The normalized spacial score (nSPS) is 16.9. The summed E-state index contributed by atoms with van der Waals surface area (Å²) in [5, 5.41) is 0. The predicted octanol–water partition coefficient (Wildman–Crippen LogP) is 5.13. The van der Waals surface area contributed by atoms with Crippen LogP contribution in [-0.4, -0.2) is 28.8 Å². The van der Waals surface area contributed by atoms with Gasteiger partial charge in [0.1, 0.15) is 0 Å². The van der Waals surface area contributed by atoms with Crippen molar-refractivity contribution in [2.24, 2.45) is 0 Å². The van der Waals surface area contributed by atoms with Gasteiger partial charge in [-0.25, -0.2) is 0 Å². The van der Waals surface area contributed by atoms with E-state index in [0.717, 1.165) is 12.8 Å². The first-order chi connectivity index (χ1) is 9.32. The van der Waals surface area contributed by atoms with Gasteiger partial charge in [0.05, 0.1) is 0 Å². The standard InChI is InChI=1S/2C4H9O.2C3H9OSi.Zr/c2*1-3-4(2)5;2*1-5(2,3)4;/h2*4H,3H2,1-2H3;2*1-3H3;/q4*-1;+4. The minimum absolute atomic E-state index is 0.109. The average Bonchev–Trinajstić information content (AvgIpc) is 2.23. The van der Waals surface area contributed by atoms with Gasteiger partial charge in [-0.2, -0.15) is 0 Å². The molecule has 2 unspecified atom stereocenters. The molecular formula is C14H36O4Si2Zr. The zero-order chi connectivity index (χ0) is 16.9. The van der Waals surface area contributed by atoms with E-state index in [1.807, 2.05) is 0 Å². The van der Waals surface area contributed by atoms with Crippen molar-refractivity contribution in [2.75, 3.05) is 0 Å². The monoisotopic (exact) mass is 414 g/mol. The van der Waals surface area contributed by atoms with Gasteiger partial charge in [-0.15, -0.1) is 0 Å². The summed E-state index contributed by atoms with van der Waals surface area (Å²) in [4.78, 5) is 0. The molecule has 0 saturated carbocycles. The molecule has 0 spiro atoms. The average molecular weight is 416 g/mol. The maximum atomic E-state index is 6.46. The van der Waals surface area contributed by atoms with Crippen molar-refractivity contribution in [1.29, 1.82) is 0 Å². The van der Waals surface area contributed by atoms with Gasteiger partial charge < -0.3 is 0 Å². The summed E-state index contributed by atoms with van der Waals surface area (Å²) in [6, 6.07) is 0. The summed E-state index contributed by atoms with van der Waals surface area (Å²) < 4.78 is 25.6. The molecule has 0 amide bonds. The van der Waals surface area contributed by atoms with E-state index in [1.165, 1.54) is 0 Å². The van der Waals surface area contributed by atoms with Crippen LogP contribution in [0.5, 0.6) is 0 Å². The zero-order valence-electron chi connectivity index (χ0n) is 15.7. The zero-order valence-corrected chi connectivity index (χ0v) is 20.2. The number of rotatable bonds is 10. The Labute approximate surface area is 141 Å². The van der Waals surface area contributed by atoms with E-state index in [0.29, 0.717) is 0 Å². The van der Waals surface area contributed by atoms with Crippen molar-refractivity contribution in [1.82, 2.24) is 0 Å². The first kappa shape index (κ1) is 22.2. The second kappa shape index (κ2) is 8.86. The van der Waals surface area contributed by atoms with Crippen LogP contribution < -0.4 is 0 Å². The second-order valence-electron chi connectivity index (χ2n) is 7.60. The predicted molar refractivity (Wildman–Crippen MR) is 90.5 cm³/mol. The van der Waals surface area contributed by atoms with Gasteiger partial charge >= 0.3 is 141 Å². The fourth-order valence-electron chi connectivity index (χ4n) is 1.55. The molecule has 21 heavy (non-hydrogen) atoms. The van der Waals surface area contributed by atoms with E-state index in [1.54, 1.807) is 0 Å². The fourth-order valence-corrected chi connectivity index (χ4v) is 20.2. The number of hydrogen-bond acceptors (Lipinski definition) is 4. The Morgan fingerprint density at radius 3 is 1.19 bits per heavy atom. The molecular weight excluding hydrogens is 380 g/mol. The van der Waals surface area contributed by atoms with Gasteiger partial charge in [0.25, 0.3) is 0 Å². The summed E-state index contributed by atoms with van der Waals surface area (Å²) >= 11 is -4.01. The molecule has 0 aliphatic rings. The molecule has 0 aromatic carbocycles. The van der Waals surface area contributed by atoms with Crippen LogP contribution in [0, 0.1) is 0 Å². The van der Waals surface area contributed by atoms with E-state index >= 15 is 0 Å². The molecule has 0 aliphatic carbocycles. The third-order valence-corrected chi connectivity index (χ3v) is 20.5. The number of hydrogen-bond donors (Lipinski definition) is 0. The maximum absolute atomic E-state index is 6.46. The Balaban J connectivity index is 5.46. The van der Waals surface area contributed by atoms with E-state index in [4.69, 9.17) is 10.6 Å². The van der Waals surface area contributed by atoms with E-state index in [2.05, 4.69) is 67.0 Å². The van der Waals surface area contributed by atoms with Gasteiger partial charge in [-0.1, -0.05) is 0 Å². The van der Waals surface area contributed by atoms with Crippen LogP contribution in [0.3, 0.4) is 0 Å². The molecule has 7 heteroatoms. The van der Waals surface area contributed by atoms with Crippen LogP contribution in [-0.2, 0) is 32.7 Å². The quantitative estimate of drug-likeness (QED) is 0.463. The van der Waals surface area contributed by atoms with Crippen LogP contribution in [0.2, 0.25) is 39.3 Å². The Hall–Kier alpha value is 1.16. The molecule has 0 N–H and O–H groups in total. The van der Waals surface area contributed by atoms with Gasteiger partial charge in [0.2, 0.25) is 0 Å². The second-order valence-corrected chi connectivity index (χ2v) is 23.1. The van der Waals surface area contributed by atoms with Crippen LogP contribution in [0.4, 0.5) is 0 Å². The summed E-state index contributed by atoms with van der Waals surface area (Å²) in [5.74, 6) is 0. The molecule has 0 fully saturated rings. The summed E-state index contributed by atoms with van der Waals surface area (Å²) in [6.07, 6.45) is 2.09. The molecule has 0 radical (unpaired) electrons. The van der Waals surface area contributed by atoms with Crippen molar-refractivity contribution in [3.8, 4) is 0 Å². The van der Waals surface area contributed by atoms with E-state index < -0.39 is 38.7 Å².